The van der Waals surface area contributed by atoms with E-state index in [1.807, 2.05) is 30.3 Å². The van der Waals surface area contributed by atoms with Crippen LogP contribution in [-0.4, -0.2) is 63.4 Å². The van der Waals surface area contributed by atoms with Gasteiger partial charge in [-0.05, 0) is 12.1 Å². The van der Waals surface area contributed by atoms with Crippen LogP contribution in [0.1, 0.15) is 16.1 Å². The molecule has 2 aromatic heterocycles. The number of H-pyrrole nitrogens is 1. The van der Waals surface area contributed by atoms with E-state index in [4.69, 9.17) is 16.3 Å². The molecule has 180 valence electrons. The van der Waals surface area contributed by atoms with E-state index in [2.05, 4.69) is 15.1 Å². The maximum Gasteiger partial charge on any atom is 0.276 e. The molecule has 0 aliphatic carbocycles. The van der Waals surface area contributed by atoms with Gasteiger partial charge in [-0.15, -0.1) is 5.10 Å². The number of carbonyl (C=O) groups excluding carboxylic acids is 1. The zero-order chi connectivity index (χ0) is 24.6. The van der Waals surface area contributed by atoms with Gasteiger partial charge in [0, 0.05) is 24.7 Å². The minimum Gasteiger partial charge on any atom is -0.486 e. The van der Waals surface area contributed by atoms with Gasteiger partial charge in [-0.2, -0.15) is 9.50 Å². The number of rotatable bonds is 5. The van der Waals surface area contributed by atoms with Crippen LogP contribution >= 0.6 is 11.6 Å². The number of hydrogen-bond donors (Lipinski definition) is 1. The predicted molar refractivity (Wildman–Crippen MR) is 129 cm³/mol. The number of ether oxygens (including phenoxy) is 1. The summed E-state index contributed by atoms with van der Waals surface area (Å²) < 4.78 is 30.5. The van der Waals surface area contributed by atoms with Crippen molar-refractivity contribution in [1.29, 1.82) is 0 Å². The van der Waals surface area contributed by atoms with Gasteiger partial charge in [-0.25, -0.2) is 8.42 Å². The number of sulfone groups is 1. The number of amides is 1. The minimum atomic E-state index is -3.14. The van der Waals surface area contributed by atoms with Crippen LogP contribution in [0.2, 0.25) is 5.02 Å². The van der Waals surface area contributed by atoms with Gasteiger partial charge >= 0.3 is 0 Å². The van der Waals surface area contributed by atoms with Gasteiger partial charge < -0.3 is 14.6 Å². The van der Waals surface area contributed by atoms with Crippen LogP contribution in [-0.2, 0) is 16.4 Å². The standard InChI is InChI=1S/C23H20ClN5O5S/c24-17-7-4-8-18(20(17)22(31)28-9-11-35(32,33)12-10-28)34-14-16-13-19(30)29-23(25-16)26-21(27-29)15-5-2-1-3-6-15/h1-8,13H,9-12,14H2,(H,25,26,27). The van der Waals surface area contributed by atoms with Gasteiger partial charge in [0.15, 0.2) is 15.7 Å². The van der Waals surface area contributed by atoms with Crippen LogP contribution in [0.5, 0.6) is 5.75 Å². The summed E-state index contributed by atoms with van der Waals surface area (Å²) in [7, 11) is -3.14. The number of aromatic amines is 1. The quantitative estimate of drug-likeness (QED) is 0.433. The van der Waals surface area contributed by atoms with E-state index in [-0.39, 0.29) is 58.9 Å². The molecule has 1 N–H and O–H groups in total. The van der Waals surface area contributed by atoms with Crippen molar-refractivity contribution in [3.05, 3.63) is 81.2 Å². The largest absolute Gasteiger partial charge is 0.486 e. The van der Waals surface area contributed by atoms with Crippen LogP contribution in [0.4, 0.5) is 0 Å². The fourth-order valence-electron chi connectivity index (χ4n) is 3.79. The van der Waals surface area contributed by atoms with Crippen molar-refractivity contribution in [2.75, 3.05) is 24.6 Å². The van der Waals surface area contributed by atoms with E-state index < -0.39 is 15.7 Å². The third kappa shape index (κ3) is 4.77. The number of fused-ring (bicyclic) bond motifs is 1. The molecule has 10 nitrogen and oxygen atoms in total. The fourth-order valence-corrected chi connectivity index (χ4v) is 5.23. The second-order valence-electron chi connectivity index (χ2n) is 8.02. The zero-order valence-electron chi connectivity index (χ0n) is 18.3. The lowest BCUT2D eigenvalue weighted by molar-refractivity contribution is 0.0765. The fraction of sp³-hybridized carbons (Fsp3) is 0.217. The van der Waals surface area contributed by atoms with Crippen LogP contribution in [0.15, 0.2) is 59.4 Å². The first-order valence-electron chi connectivity index (χ1n) is 10.8. The molecule has 2 aromatic carbocycles. The number of nitrogens with zero attached hydrogens (tertiary/aromatic N) is 4. The predicted octanol–water partition coefficient (Wildman–Crippen LogP) is 2.19. The van der Waals surface area contributed by atoms with Gasteiger partial charge in [-0.1, -0.05) is 48.0 Å². The minimum absolute atomic E-state index is 0.0612. The Labute approximate surface area is 205 Å². The van der Waals surface area contributed by atoms with Crippen molar-refractivity contribution in [3.63, 3.8) is 0 Å². The first-order valence-corrected chi connectivity index (χ1v) is 13.0. The highest BCUT2D eigenvalue weighted by atomic mass is 35.5. The molecule has 0 unspecified atom stereocenters. The molecule has 5 rings (SSSR count). The molecule has 12 heteroatoms. The Bertz CT molecular complexity index is 1570. The van der Waals surface area contributed by atoms with Crippen molar-refractivity contribution in [2.24, 2.45) is 0 Å². The Kier molecular flexibility index (Phi) is 6.03. The second kappa shape index (κ2) is 9.16. The highest BCUT2D eigenvalue weighted by molar-refractivity contribution is 7.91. The molecule has 0 radical (unpaired) electrons. The van der Waals surface area contributed by atoms with Crippen molar-refractivity contribution >= 4 is 33.1 Å². The molecular formula is C23H20ClN5O5S. The lowest BCUT2D eigenvalue weighted by atomic mass is 10.1. The highest BCUT2D eigenvalue weighted by Gasteiger charge is 2.29. The smallest absolute Gasteiger partial charge is 0.276 e. The number of carbonyl (C=O) groups is 1. The SMILES string of the molecule is O=C(c1c(Cl)cccc1OCc1cc(=O)n2nc(-c3ccccc3)nc2[nH]1)N1CCS(=O)(=O)CC1. The maximum atomic E-state index is 13.1. The Hall–Kier alpha value is -3.70. The zero-order valence-corrected chi connectivity index (χ0v) is 19.9. The summed E-state index contributed by atoms with van der Waals surface area (Å²) >= 11 is 6.32. The molecule has 35 heavy (non-hydrogen) atoms. The third-order valence-electron chi connectivity index (χ3n) is 5.62. The molecule has 0 spiro atoms. The summed E-state index contributed by atoms with van der Waals surface area (Å²) in [6.45, 7) is 0.118. The lowest BCUT2D eigenvalue weighted by Gasteiger charge is -2.27. The van der Waals surface area contributed by atoms with Gasteiger partial charge in [0.05, 0.1) is 22.2 Å². The van der Waals surface area contributed by atoms with Crippen molar-refractivity contribution in [1.82, 2.24) is 24.5 Å². The summed E-state index contributed by atoms with van der Waals surface area (Å²) in [4.78, 5) is 34.6. The molecule has 0 bridgehead atoms. The average Bonchev–Trinajstić information content (AvgIpc) is 3.28. The highest BCUT2D eigenvalue weighted by Crippen LogP contribution is 2.29. The number of aromatic nitrogens is 4. The molecule has 3 heterocycles. The molecule has 1 amide bonds. The Morgan fingerprint density at radius 2 is 1.83 bits per heavy atom. The normalized spacial score (nSPS) is 15.3. The monoisotopic (exact) mass is 513 g/mol. The molecular weight excluding hydrogens is 494 g/mol. The van der Waals surface area contributed by atoms with E-state index in [1.54, 1.807) is 18.2 Å². The van der Waals surface area contributed by atoms with E-state index in [0.29, 0.717) is 11.5 Å². The van der Waals surface area contributed by atoms with Crippen LogP contribution in [0.3, 0.4) is 0 Å². The van der Waals surface area contributed by atoms with Gasteiger partial charge in [-0.3, -0.25) is 9.59 Å². The summed E-state index contributed by atoms with van der Waals surface area (Å²) in [5.41, 5.74) is 0.959. The van der Waals surface area contributed by atoms with E-state index in [0.717, 1.165) is 5.56 Å². The molecule has 0 atom stereocenters. The van der Waals surface area contributed by atoms with Gasteiger partial charge in [0.2, 0.25) is 5.78 Å². The Balaban J connectivity index is 1.39. The number of hydrogen-bond acceptors (Lipinski definition) is 7. The topological polar surface area (TPSA) is 127 Å². The van der Waals surface area contributed by atoms with Crippen LogP contribution in [0.25, 0.3) is 17.2 Å². The van der Waals surface area contributed by atoms with Crippen molar-refractivity contribution < 1.29 is 17.9 Å². The van der Waals surface area contributed by atoms with Crippen molar-refractivity contribution in [3.8, 4) is 17.1 Å². The summed E-state index contributed by atoms with van der Waals surface area (Å²) in [5, 5.41) is 4.45. The van der Waals surface area contributed by atoms with E-state index in [9.17, 15) is 18.0 Å². The van der Waals surface area contributed by atoms with Crippen molar-refractivity contribution in [2.45, 2.75) is 6.61 Å². The number of benzene rings is 2. The van der Waals surface area contributed by atoms with Crippen LogP contribution < -0.4 is 10.3 Å². The first kappa shape index (κ1) is 23.1. The average molecular weight is 514 g/mol. The maximum absolute atomic E-state index is 13.1. The molecule has 1 aliphatic rings. The summed E-state index contributed by atoms with van der Waals surface area (Å²) in [6, 6.07) is 15.4. The summed E-state index contributed by atoms with van der Waals surface area (Å²) in [6.07, 6.45) is 0. The van der Waals surface area contributed by atoms with Gasteiger partial charge in [0.1, 0.15) is 17.9 Å². The van der Waals surface area contributed by atoms with Crippen LogP contribution in [0, 0.1) is 0 Å². The molecule has 4 aromatic rings. The Morgan fingerprint density at radius 1 is 1.09 bits per heavy atom. The number of halogens is 1. The molecule has 1 aliphatic heterocycles. The van der Waals surface area contributed by atoms with Gasteiger partial charge in [0.25, 0.3) is 11.5 Å². The Morgan fingerprint density at radius 3 is 2.57 bits per heavy atom. The van der Waals surface area contributed by atoms with E-state index in [1.165, 1.54) is 15.5 Å². The second-order valence-corrected chi connectivity index (χ2v) is 10.7. The third-order valence-corrected chi connectivity index (χ3v) is 7.55. The number of nitrogens with one attached hydrogen (secondary N) is 1. The molecule has 0 saturated carbocycles. The lowest BCUT2D eigenvalue weighted by Crippen LogP contribution is -2.43. The molecule has 1 saturated heterocycles. The summed E-state index contributed by atoms with van der Waals surface area (Å²) in [5.74, 6) is 0.293. The molecule has 1 fully saturated rings. The first-order chi connectivity index (χ1) is 16.8. The van der Waals surface area contributed by atoms with E-state index >= 15 is 0 Å².